The molecule has 0 atom stereocenters. The third-order valence-electron chi connectivity index (χ3n) is 7.73. The van der Waals surface area contributed by atoms with E-state index < -0.39 is 10.0 Å². The van der Waals surface area contributed by atoms with E-state index in [9.17, 15) is 18.3 Å². The van der Waals surface area contributed by atoms with E-state index in [1.807, 2.05) is 42.2 Å². The summed E-state index contributed by atoms with van der Waals surface area (Å²) in [6, 6.07) is 12.8. The number of aromatic amines is 1. The quantitative estimate of drug-likeness (QED) is 0.456. The van der Waals surface area contributed by atoms with Crippen LogP contribution in [0.2, 0.25) is 0 Å². The van der Waals surface area contributed by atoms with Crippen molar-refractivity contribution in [1.29, 1.82) is 0 Å². The zero-order chi connectivity index (χ0) is 25.3. The first-order valence-electron chi connectivity index (χ1n) is 13.0. The first kappa shape index (κ1) is 25.0. The first-order valence-corrected chi connectivity index (χ1v) is 14.5. The lowest BCUT2D eigenvalue weighted by Gasteiger charge is -2.34. The summed E-state index contributed by atoms with van der Waals surface area (Å²) in [4.78, 5) is 18.4. The van der Waals surface area contributed by atoms with Gasteiger partial charge in [-0.15, -0.1) is 0 Å². The Balaban J connectivity index is 1.26. The predicted octanol–water partition coefficient (Wildman–Crippen LogP) is 4.49. The third-order valence-corrected chi connectivity index (χ3v) is 9.25. The molecule has 0 unspecified atom stereocenters. The molecule has 1 aliphatic carbocycles. The molecular weight excluding hydrogens is 474 g/mol. The number of amides is 1. The number of piperidine rings is 1. The number of hydrogen-bond acceptors (Lipinski definition) is 4. The Labute approximate surface area is 213 Å². The largest absolute Gasteiger partial charge is 0.392 e. The van der Waals surface area contributed by atoms with Crippen LogP contribution in [0.1, 0.15) is 56.1 Å². The maximum absolute atomic E-state index is 13.2. The highest BCUT2D eigenvalue weighted by Crippen LogP contribution is 2.30. The summed E-state index contributed by atoms with van der Waals surface area (Å²) in [5.74, 6) is 0.276. The van der Waals surface area contributed by atoms with Gasteiger partial charge in [0, 0.05) is 47.2 Å². The lowest BCUT2D eigenvalue weighted by Crippen LogP contribution is -2.43. The number of nitrogens with zero attached hydrogens (tertiary/aromatic N) is 1. The summed E-state index contributed by atoms with van der Waals surface area (Å²) in [5, 5.41) is 10.3. The van der Waals surface area contributed by atoms with Crippen LogP contribution < -0.4 is 4.72 Å². The molecule has 3 aromatic rings. The Morgan fingerprint density at radius 1 is 1.03 bits per heavy atom. The average molecular weight is 510 g/mol. The second-order valence-corrected chi connectivity index (χ2v) is 12.0. The second-order valence-electron chi connectivity index (χ2n) is 10.3. The number of benzene rings is 2. The molecule has 0 radical (unpaired) electrons. The molecule has 36 heavy (non-hydrogen) atoms. The molecular formula is C28H35N3O4S. The number of aliphatic hydroxyl groups excluding tert-OH is 1. The maximum atomic E-state index is 13.2. The van der Waals surface area contributed by atoms with E-state index in [4.69, 9.17) is 0 Å². The summed E-state index contributed by atoms with van der Waals surface area (Å²) in [7, 11) is -3.68. The van der Waals surface area contributed by atoms with Gasteiger partial charge in [-0.2, -0.15) is 0 Å². The van der Waals surface area contributed by atoms with Gasteiger partial charge in [-0.1, -0.05) is 24.3 Å². The zero-order valence-electron chi connectivity index (χ0n) is 20.8. The van der Waals surface area contributed by atoms with Crippen LogP contribution in [0.4, 0.5) is 0 Å². The number of carbonyl (C=O) groups excluding carboxylic acids is 1. The molecule has 1 amide bonds. The van der Waals surface area contributed by atoms with E-state index in [2.05, 4.69) is 9.71 Å². The number of fused-ring (bicyclic) bond motifs is 1. The minimum Gasteiger partial charge on any atom is -0.392 e. The van der Waals surface area contributed by atoms with Gasteiger partial charge < -0.3 is 15.0 Å². The summed E-state index contributed by atoms with van der Waals surface area (Å²) in [5.41, 5.74) is 4.58. The van der Waals surface area contributed by atoms with Gasteiger partial charge in [-0.05, 0) is 81.2 Å². The standard InChI is InChI=1S/C28H35N3O4S/c1-19-15-20(18-32)5-12-25(19)27-16-22-8-11-24(17-26(22)29-27)36(34,35)30-23-9-6-21(7-10-23)28(33)31-13-3-2-4-14-31/h5,8,11-12,15-17,21,23,29-30,32H,2-4,6-7,9-10,13-14,18H2,1H3. The number of aromatic nitrogens is 1. The third kappa shape index (κ3) is 5.21. The topological polar surface area (TPSA) is 102 Å². The minimum absolute atomic E-state index is 0.00154. The monoisotopic (exact) mass is 509 g/mol. The molecule has 2 aromatic carbocycles. The highest BCUT2D eigenvalue weighted by Gasteiger charge is 2.32. The molecule has 0 bridgehead atoms. The van der Waals surface area contributed by atoms with Crippen molar-refractivity contribution >= 4 is 26.8 Å². The van der Waals surface area contributed by atoms with E-state index >= 15 is 0 Å². The Bertz CT molecular complexity index is 1350. The van der Waals surface area contributed by atoms with Crippen molar-refractivity contribution in [3.63, 3.8) is 0 Å². The summed E-state index contributed by atoms with van der Waals surface area (Å²) in [6.45, 7) is 3.72. The molecule has 2 heterocycles. The molecule has 2 aliphatic rings. The molecule has 1 saturated heterocycles. The van der Waals surface area contributed by atoms with E-state index in [0.717, 1.165) is 72.1 Å². The van der Waals surface area contributed by atoms with Gasteiger partial charge >= 0.3 is 0 Å². The van der Waals surface area contributed by atoms with Crippen LogP contribution in [-0.2, 0) is 21.4 Å². The van der Waals surface area contributed by atoms with E-state index in [1.54, 1.807) is 12.1 Å². The fourth-order valence-electron chi connectivity index (χ4n) is 5.66. The number of hydrogen-bond donors (Lipinski definition) is 3. The lowest BCUT2D eigenvalue weighted by molar-refractivity contribution is -0.137. The number of carbonyl (C=O) groups is 1. The fourth-order valence-corrected chi connectivity index (χ4v) is 6.99. The van der Waals surface area contributed by atoms with Crippen molar-refractivity contribution < 1.29 is 18.3 Å². The van der Waals surface area contributed by atoms with Crippen LogP contribution in [0, 0.1) is 12.8 Å². The molecule has 1 aliphatic heterocycles. The van der Waals surface area contributed by atoms with Gasteiger partial charge in [-0.25, -0.2) is 13.1 Å². The number of likely N-dealkylation sites (tertiary alicyclic amines) is 1. The van der Waals surface area contributed by atoms with Crippen molar-refractivity contribution in [1.82, 2.24) is 14.6 Å². The van der Waals surface area contributed by atoms with Gasteiger partial charge in [0.2, 0.25) is 15.9 Å². The normalized spacial score (nSPS) is 21.1. The molecule has 1 saturated carbocycles. The number of nitrogens with one attached hydrogen (secondary N) is 2. The van der Waals surface area contributed by atoms with Crippen LogP contribution in [0.25, 0.3) is 22.2 Å². The number of sulfonamides is 1. The fraction of sp³-hybridized carbons (Fsp3) is 0.464. The van der Waals surface area contributed by atoms with Crippen LogP contribution in [0.3, 0.4) is 0 Å². The molecule has 1 aromatic heterocycles. The smallest absolute Gasteiger partial charge is 0.240 e. The molecule has 192 valence electrons. The predicted molar refractivity (Wildman–Crippen MR) is 141 cm³/mol. The minimum atomic E-state index is -3.68. The summed E-state index contributed by atoms with van der Waals surface area (Å²) in [6.07, 6.45) is 6.20. The van der Waals surface area contributed by atoms with E-state index in [0.29, 0.717) is 12.8 Å². The summed E-state index contributed by atoms with van der Waals surface area (Å²) < 4.78 is 29.3. The highest BCUT2D eigenvalue weighted by atomic mass is 32.2. The van der Waals surface area contributed by atoms with Crippen LogP contribution in [-0.4, -0.2) is 48.4 Å². The van der Waals surface area contributed by atoms with Crippen LogP contribution >= 0.6 is 0 Å². The van der Waals surface area contributed by atoms with Gasteiger partial charge in [-0.3, -0.25) is 4.79 Å². The van der Waals surface area contributed by atoms with Gasteiger partial charge in [0.25, 0.3) is 0 Å². The molecule has 8 heteroatoms. The van der Waals surface area contributed by atoms with Gasteiger partial charge in [0.15, 0.2) is 0 Å². The first-order chi connectivity index (χ1) is 17.3. The highest BCUT2D eigenvalue weighted by molar-refractivity contribution is 7.89. The Kier molecular flexibility index (Phi) is 7.19. The van der Waals surface area contributed by atoms with Crippen molar-refractivity contribution in [2.45, 2.75) is 69.4 Å². The summed E-state index contributed by atoms with van der Waals surface area (Å²) >= 11 is 0. The number of aliphatic hydroxyl groups is 1. The number of aryl methyl sites for hydroxylation is 1. The van der Waals surface area contributed by atoms with Crippen molar-refractivity contribution in [3.05, 3.63) is 53.6 Å². The van der Waals surface area contributed by atoms with Gasteiger partial charge in [0.05, 0.1) is 11.5 Å². The molecule has 2 fully saturated rings. The number of rotatable bonds is 6. The van der Waals surface area contributed by atoms with Crippen LogP contribution in [0.15, 0.2) is 47.4 Å². The number of H-pyrrole nitrogens is 1. The van der Waals surface area contributed by atoms with Crippen molar-refractivity contribution in [2.75, 3.05) is 13.1 Å². The lowest BCUT2D eigenvalue weighted by atomic mass is 9.85. The maximum Gasteiger partial charge on any atom is 0.240 e. The van der Waals surface area contributed by atoms with Crippen molar-refractivity contribution in [3.8, 4) is 11.3 Å². The SMILES string of the molecule is Cc1cc(CO)ccc1-c1cc2ccc(S(=O)(=O)NC3CCC(C(=O)N4CCCCC4)CC3)cc2[nH]1. The Morgan fingerprint density at radius 3 is 2.47 bits per heavy atom. The molecule has 5 rings (SSSR count). The average Bonchev–Trinajstić information content (AvgIpc) is 3.32. The van der Waals surface area contributed by atoms with E-state index in [-0.39, 0.29) is 29.4 Å². The zero-order valence-corrected chi connectivity index (χ0v) is 21.6. The van der Waals surface area contributed by atoms with Crippen molar-refractivity contribution in [2.24, 2.45) is 5.92 Å². The van der Waals surface area contributed by atoms with E-state index in [1.165, 1.54) is 6.42 Å². The Hall–Kier alpha value is -2.68. The van der Waals surface area contributed by atoms with Gasteiger partial charge in [0.1, 0.15) is 0 Å². The second kappa shape index (κ2) is 10.4. The molecule has 7 nitrogen and oxygen atoms in total. The Morgan fingerprint density at radius 2 is 1.78 bits per heavy atom. The molecule has 0 spiro atoms. The molecule has 3 N–H and O–H groups in total. The van der Waals surface area contributed by atoms with Crippen LogP contribution in [0.5, 0.6) is 0 Å².